The van der Waals surface area contributed by atoms with Crippen LogP contribution in [0.1, 0.15) is 18.6 Å². The minimum Gasteiger partial charge on any atom is -0.494 e. The molecule has 2 aromatic rings. The highest BCUT2D eigenvalue weighted by molar-refractivity contribution is 5.48. The number of ether oxygens (including phenoxy) is 1. The van der Waals surface area contributed by atoms with Crippen molar-refractivity contribution in [3.8, 4) is 5.75 Å². The molecule has 2 rings (SSSR count). The fourth-order valence-electron chi connectivity index (χ4n) is 1.87. The monoisotopic (exact) mass is 257 g/mol. The zero-order valence-electron chi connectivity index (χ0n) is 11.0. The van der Waals surface area contributed by atoms with Gasteiger partial charge < -0.3 is 15.2 Å². The van der Waals surface area contributed by atoms with Crippen molar-refractivity contribution in [3.63, 3.8) is 0 Å². The molecular formula is C16H19NO2. The number of hydrogen-bond donors (Lipinski definition) is 2. The molecule has 0 fully saturated rings. The molecule has 0 aromatic heterocycles. The summed E-state index contributed by atoms with van der Waals surface area (Å²) in [4.78, 5) is 0. The number of anilines is 1. The maximum Gasteiger partial charge on any atom is 0.121 e. The highest BCUT2D eigenvalue weighted by atomic mass is 16.5. The van der Waals surface area contributed by atoms with E-state index in [1.54, 1.807) is 0 Å². The molecule has 0 aliphatic heterocycles. The quantitative estimate of drug-likeness (QED) is 0.834. The average molecular weight is 257 g/mol. The van der Waals surface area contributed by atoms with E-state index < -0.39 is 6.10 Å². The predicted molar refractivity (Wildman–Crippen MR) is 77.5 cm³/mol. The van der Waals surface area contributed by atoms with Crippen LogP contribution in [0.15, 0.2) is 54.6 Å². The van der Waals surface area contributed by atoms with Crippen molar-refractivity contribution in [1.29, 1.82) is 0 Å². The molecule has 0 bridgehead atoms. The van der Waals surface area contributed by atoms with E-state index in [1.165, 1.54) is 0 Å². The van der Waals surface area contributed by atoms with Gasteiger partial charge in [-0.25, -0.2) is 0 Å². The van der Waals surface area contributed by atoms with Gasteiger partial charge in [0.2, 0.25) is 0 Å². The first kappa shape index (κ1) is 13.4. The van der Waals surface area contributed by atoms with Crippen molar-refractivity contribution >= 4 is 5.69 Å². The molecule has 1 atom stereocenters. The standard InChI is InChI=1S/C16H19NO2/c1-2-19-15-10-6-9-14(11-15)17-12-16(18)13-7-4-3-5-8-13/h3-11,16-18H,2,12H2,1H3. The molecule has 0 radical (unpaired) electrons. The van der Waals surface area contributed by atoms with Crippen LogP contribution in [0.3, 0.4) is 0 Å². The molecule has 3 heteroatoms. The zero-order valence-corrected chi connectivity index (χ0v) is 11.0. The van der Waals surface area contributed by atoms with Gasteiger partial charge in [-0.2, -0.15) is 0 Å². The molecule has 2 aromatic carbocycles. The van der Waals surface area contributed by atoms with Crippen LogP contribution in [0.25, 0.3) is 0 Å². The Labute approximate surface area is 113 Å². The normalized spacial score (nSPS) is 11.9. The summed E-state index contributed by atoms with van der Waals surface area (Å²) in [6.07, 6.45) is -0.517. The average Bonchev–Trinajstić information content (AvgIpc) is 2.46. The summed E-state index contributed by atoms with van der Waals surface area (Å²) >= 11 is 0. The predicted octanol–water partition coefficient (Wildman–Crippen LogP) is 3.23. The van der Waals surface area contributed by atoms with Crippen molar-refractivity contribution in [2.75, 3.05) is 18.5 Å². The summed E-state index contributed by atoms with van der Waals surface area (Å²) in [5.41, 5.74) is 1.86. The second kappa shape index (κ2) is 6.81. The van der Waals surface area contributed by atoms with Gasteiger partial charge in [0.05, 0.1) is 12.7 Å². The molecule has 19 heavy (non-hydrogen) atoms. The molecule has 0 saturated heterocycles. The van der Waals surface area contributed by atoms with E-state index in [1.807, 2.05) is 61.5 Å². The van der Waals surface area contributed by atoms with E-state index in [2.05, 4.69) is 5.32 Å². The van der Waals surface area contributed by atoms with Gasteiger partial charge in [0.1, 0.15) is 5.75 Å². The van der Waals surface area contributed by atoms with E-state index >= 15 is 0 Å². The van der Waals surface area contributed by atoms with Crippen molar-refractivity contribution in [3.05, 3.63) is 60.2 Å². The summed E-state index contributed by atoms with van der Waals surface area (Å²) < 4.78 is 5.44. The van der Waals surface area contributed by atoms with Crippen molar-refractivity contribution < 1.29 is 9.84 Å². The lowest BCUT2D eigenvalue weighted by molar-refractivity contribution is 0.191. The maximum absolute atomic E-state index is 10.1. The van der Waals surface area contributed by atoms with Gasteiger partial charge in [-0.15, -0.1) is 0 Å². The Bertz CT molecular complexity index is 499. The van der Waals surface area contributed by atoms with Crippen LogP contribution in [0, 0.1) is 0 Å². The van der Waals surface area contributed by atoms with Crippen molar-refractivity contribution in [1.82, 2.24) is 0 Å². The van der Waals surface area contributed by atoms with E-state index in [-0.39, 0.29) is 0 Å². The van der Waals surface area contributed by atoms with E-state index in [0.717, 1.165) is 17.0 Å². The molecule has 0 amide bonds. The van der Waals surface area contributed by atoms with E-state index in [4.69, 9.17) is 4.74 Å². The number of aliphatic hydroxyl groups excluding tert-OH is 1. The Hall–Kier alpha value is -2.00. The highest BCUT2D eigenvalue weighted by Crippen LogP contribution is 2.19. The first-order valence-corrected chi connectivity index (χ1v) is 6.49. The van der Waals surface area contributed by atoms with Crippen LogP contribution in [-0.2, 0) is 0 Å². The number of rotatable bonds is 6. The molecule has 0 aliphatic carbocycles. The Kier molecular flexibility index (Phi) is 4.81. The summed E-state index contributed by atoms with van der Waals surface area (Å²) in [7, 11) is 0. The summed E-state index contributed by atoms with van der Waals surface area (Å²) in [6, 6.07) is 17.4. The number of nitrogens with one attached hydrogen (secondary N) is 1. The first-order chi connectivity index (χ1) is 9.29. The van der Waals surface area contributed by atoms with Crippen LogP contribution >= 0.6 is 0 Å². The van der Waals surface area contributed by atoms with Gasteiger partial charge >= 0.3 is 0 Å². The lowest BCUT2D eigenvalue weighted by atomic mass is 10.1. The Morgan fingerprint density at radius 2 is 1.89 bits per heavy atom. The third-order valence-electron chi connectivity index (χ3n) is 2.83. The minimum atomic E-state index is -0.517. The molecule has 0 aliphatic rings. The second-order valence-electron chi connectivity index (χ2n) is 4.27. The van der Waals surface area contributed by atoms with Crippen LogP contribution < -0.4 is 10.1 Å². The summed E-state index contributed by atoms with van der Waals surface area (Å²) in [5.74, 6) is 0.835. The molecule has 2 N–H and O–H groups in total. The van der Waals surface area contributed by atoms with E-state index in [9.17, 15) is 5.11 Å². The van der Waals surface area contributed by atoms with Crippen LogP contribution in [0.2, 0.25) is 0 Å². The first-order valence-electron chi connectivity index (χ1n) is 6.49. The lowest BCUT2D eigenvalue weighted by Crippen LogP contribution is -2.12. The molecule has 0 saturated carbocycles. The van der Waals surface area contributed by atoms with Crippen LogP contribution in [-0.4, -0.2) is 18.3 Å². The summed E-state index contributed by atoms with van der Waals surface area (Å²) in [5, 5.41) is 13.3. The van der Waals surface area contributed by atoms with Gasteiger partial charge in [-0.1, -0.05) is 36.4 Å². The number of hydrogen-bond acceptors (Lipinski definition) is 3. The van der Waals surface area contributed by atoms with Gasteiger partial charge in [0.25, 0.3) is 0 Å². The Morgan fingerprint density at radius 3 is 2.63 bits per heavy atom. The van der Waals surface area contributed by atoms with Crippen molar-refractivity contribution in [2.45, 2.75) is 13.0 Å². The molecule has 3 nitrogen and oxygen atoms in total. The van der Waals surface area contributed by atoms with E-state index in [0.29, 0.717) is 13.2 Å². The molecule has 100 valence electrons. The molecule has 0 spiro atoms. The zero-order chi connectivity index (χ0) is 13.5. The molecule has 1 unspecified atom stereocenters. The Morgan fingerprint density at radius 1 is 1.11 bits per heavy atom. The van der Waals surface area contributed by atoms with Crippen LogP contribution in [0.5, 0.6) is 5.75 Å². The molecular weight excluding hydrogens is 238 g/mol. The van der Waals surface area contributed by atoms with Crippen molar-refractivity contribution in [2.24, 2.45) is 0 Å². The largest absolute Gasteiger partial charge is 0.494 e. The maximum atomic E-state index is 10.1. The van der Waals surface area contributed by atoms with Gasteiger partial charge in [0.15, 0.2) is 0 Å². The third-order valence-corrected chi connectivity index (χ3v) is 2.83. The molecule has 0 heterocycles. The van der Waals surface area contributed by atoms with Gasteiger partial charge in [-0.3, -0.25) is 0 Å². The second-order valence-corrected chi connectivity index (χ2v) is 4.27. The highest BCUT2D eigenvalue weighted by Gasteiger charge is 2.06. The number of benzene rings is 2. The topological polar surface area (TPSA) is 41.5 Å². The number of aliphatic hydroxyl groups is 1. The minimum absolute atomic E-state index is 0.472. The summed E-state index contributed by atoms with van der Waals surface area (Å²) in [6.45, 7) is 3.08. The SMILES string of the molecule is CCOc1cccc(NCC(O)c2ccccc2)c1. The lowest BCUT2D eigenvalue weighted by Gasteiger charge is -2.13. The van der Waals surface area contributed by atoms with Gasteiger partial charge in [0, 0.05) is 18.3 Å². The Balaban J connectivity index is 1.93. The van der Waals surface area contributed by atoms with Crippen LogP contribution in [0.4, 0.5) is 5.69 Å². The smallest absolute Gasteiger partial charge is 0.121 e. The fourth-order valence-corrected chi connectivity index (χ4v) is 1.87. The fraction of sp³-hybridized carbons (Fsp3) is 0.250. The van der Waals surface area contributed by atoms with Gasteiger partial charge in [-0.05, 0) is 24.6 Å². The third kappa shape index (κ3) is 4.00.